The first-order chi connectivity index (χ1) is 15.2. The van der Waals surface area contributed by atoms with Gasteiger partial charge in [-0.05, 0) is 0 Å². The van der Waals surface area contributed by atoms with Crippen LogP contribution in [-0.4, -0.2) is 50.2 Å². The monoisotopic (exact) mass is 547 g/mol. The van der Waals surface area contributed by atoms with Crippen molar-refractivity contribution in [2.45, 2.75) is 20.4 Å². The van der Waals surface area contributed by atoms with Crippen LogP contribution in [0.5, 0.6) is 11.5 Å². The van der Waals surface area contributed by atoms with E-state index in [1.165, 1.54) is 29.1 Å². The Morgan fingerprint density at radius 3 is 2.48 bits per heavy atom. The van der Waals surface area contributed by atoms with Crippen LogP contribution in [-0.2, 0) is 6.54 Å². The van der Waals surface area contributed by atoms with E-state index in [4.69, 9.17) is 9.47 Å². The van der Waals surface area contributed by atoms with E-state index in [1.54, 1.807) is 14.2 Å². The Bertz CT molecular complexity index is 1180. The molecule has 0 fully saturated rings. The summed E-state index contributed by atoms with van der Waals surface area (Å²) in [4.78, 5) is 2.39. The van der Waals surface area contributed by atoms with Crippen LogP contribution in [0.2, 0.25) is 0 Å². The first-order valence-electron chi connectivity index (χ1n) is 10.4. The number of aromatic nitrogens is 1. The van der Waals surface area contributed by atoms with Gasteiger partial charge in [0.15, 0.2) is 0 Å². The van der Waals surface area contributed by atoms with Crippen LogP contribution in [0.4, 0.5) is 5.69 Å². The molecule has 0 saturated heterocycles. The van der Waals surface area contributed by atoms with E-state index in [0.717, 1.165) is 24.6 Å². The van der Waals surface area contributed by atoms with Crippen LogP contribution in [0.15, 0.2) is 65.3 Å². The molecule has 0 N–H and O–H groups in total. The fraction of sp³-hybridized carbons (Fsp3) is 0.240. The van der Waals surface area contributed by atoms with E-state index in [-0.39, 0.29) is 0 Å². The van der Waals surface area contributed by atoms with Crippen molar-refractivity contribution in [3.63, 3.8) is 0 Å². The zero-order valence-electron chi connectivity index (χ0n) is 18.3. The van der Waals surface area contributed by atoms with E-state index in [9.17, 15) is 0 Å². The summed E-state index contributed by atoms with van der Waals surface area (Å²) in [6.45, 7) is 6.33. The van der Waals surface area contributed by atoms with Crippen molar-refractivity contribution in [3.8, 4) is 11.5 Å². The third-order valence-electron chi connectivity index (χ3n) is 5.21. The molecule has 0 aliphatic carbocycles. The Hall–Kier alpha value is -2.23. The molecule has 4 rings (SSSR count). The predicted molar refractivity (Wildman–Crippen MR) is 131 cm³/mol. The van der Waals surface area contributed by atoms with Gasteiger partial charge < -0.3 is 0 Å². The quantitative estimate of drug-likeness (QED) is 0.258. The summed E-state index contributed by atoms with van der Waals surface area (Å²) in [7, 11) is 3.45. The van der Waals surface area contributed by atoms with Crippen molar-refractivity contribution in [2.75, 3.05) is 25.7 Å². The van der Waals surface area contributed by atoms with E-state index < -0.39 is 0 Å². The summed E-state index contributed by atoms with van der Waals surface area (Å²) in [5.74, 6) is 1.84. The molecule has 1 aliphatic heterocycles. The molecular weight excluding hydrogens is 518 g/mol. The first-order valence-corrected chi connectivity index (χ1v) is 13.8. The zero-order valence-corrected chi connectivity index (χ0v) is 21.7. The van der Waals surface area contributed by atoms with Gasteiger partial charge in [0, 0.05) is 0 Å². The Morgan fingerprint density at radius 2 is 1.74 bits per heavy atom. The SMILES string of the molecule is CCN1\C(=C/C=C/C=C/c2[se]c3ccc(OC)cc3[n+]2CC)[Se]c2ccc(OC)cc21. The molecule has 0 unspecified atom stereocenters. The second-order valence-electron chi connectivity index (χ2n) is 6.95. The predicted octanol–water partition coefficient (Wildman–Crippen LogP) is 3.50. The average Bonchev–Trinajstić information content (AvgIpc) is 3.34. The van der Waals surface area contributed by atoms with E-state index in [0.29, 0.717) is 29.5 Å². The molecule has 2 heterocycles. The van der Waals surface area contributed by atoms with Gasteiger partial charge in [-0.15, -0.1) is 0 Å². The van der Waals surface area contributed by atoms with Crippen molar-refractivity contribution < 1.29 is 14.0 Å². The topological polar surface area (TPSA) is 25.6 Å². The molecule has 6 heteroatoms. The van der Waals surface area contributed by atoms with Crippen molar-refractivity contribution in [1.82, 2.24) is 0 Å². The molecule has 160 valence electrons. The molecule has 0 spiro atoms. The molecule has 4 nitrogen and oxygen atoms in total. The summed E-state index contributed by atoms with van der Waals surface area (Å²) in [6.07, 6.45) is 11.0. The van der Waals surface area contributed by atoms with Crippen LogP contribution in [0.25, 0.3) is 15.9 Å². The van der Waals surface area contributed by atoms with Crippen molar-refractivity contribution in [2.24, 2.45) is 0 Å². The van der Waals surface area contributed by atoms with Gasteiger partial charge in [-0.1, -0.05) is 0 Å². The number of fused-ring (bicyclic) bond motifs is 2. The third-order valence-corrected chi connectivity index (χ3v) is 9.95. The van der Waals surface area contributed by atoms with Crippen LogP contribution in [0.1, 0.15) is 18.4 Å². The van der Waals surface area contributed by atoms with Gasteiger partial charge in [0.2, 0.25) is 0 Å². The van der Waals surface area contributed by atoms with Gasteiger partial charge in [-0.2, -0.15) is 0 Å². The van der Waals surface area contributed by atoms with Gasteiger partial charge in [-0.25, -0.2) is 0 Å². The summed E-state index contributed by atoms with van der Waals surface area (Å²) < 4.78 is 18.8. The van der Waals surface area contributed by atoms with Gasteiger partial charge >= 0.3 is 197 Å². The molecule has 1 aliphatic rings. The average molecular weight is 545 g/mol. The summed E-state index contributed by atoms with van der Waals surface area (Å²) in [5.41, 5.74) is 2.57. The van der Waals surface area contributed by atoms with Crippen LogP contribution in [0, 0.1) is 0 Å². The standard InChI is InChI=1S/C25H27N2O2Se2/c1-5-26-20-16-18(28-3)12-14-22(20)30-24(26)10-8-7-9-11-25-27(6-2)21-17-19(29-4)13-15-23(21)31-25/h7-17H,5-6H2,1-4H3/q+1. The summed E-state index contributed by atoms with van der Waals surface area (Å²) in [6, 6.07) is 12.8. The number of nitrogens with zero attached hydrogens (tertiary/aromatic N) is 2. The number of anilines is 1. The molecule has 0 saturated carbocycles. The minimum atomic E-state index is 0.328. The molecule has 0 radical (unpaired) electrons. The number of hydrogen-bond donors (Lipinski definition) is 0. The van der Waals surface area contributed by atoms with Crippen molar-refractivity contribution >= 4 is 55.5 Å². The number of ether oxygens (including phenoxy) is 2. The number of hydrogen-bond acceptors (Lipinski definition) is 3. The summed E-state index contributed by atoms with van der Waals surface area (Å²) in [5, 5.41) is 0. The van der Waals surface area contributed by atoms with Crippen molar-refractivity contribution in [1.29, 1.82) is 0 Å². The maximum atomic E-state index is 5.41. The minimum absolute atomic E-state index is 0.328. The van der Waals surface area contributed by atoms with Crippen LogP contribution < -0.4 is 23.4 Å². The van der Waals surface area contributed by atoms with Gasteiger partial charge in [0.25, 0.3) is 0 Å². The molecule has 3 aromatic rings. The fourth-order valence-corrected chi connectivity index (χ4v) is 8.35. The second kappa shape index (κ2) is 9.93. The number of aryl methyl sites for hydroxylation is 1. The molecule has 0 atom stereocenters. The maximum absolute atomic E-state index is 5.41. The zero-order chi connectivity index (χ0) is 21.8. The molecule has 1 aromatic heterocycles. The summed E-state index contributed by atoms with van der Waals surface area (Å²) >= 11 is 0.656. The Morgan fingerprint density at radius 1 is 0.968 bits per heavy atom. The third kappa shape index (κ3) is 4.53. The molecule has 0 bridgehead atoms. The van der Waals surface area contributed by atoms with E-state index >= 15 is 0 Å². The van der Waals surface area contributed by atoms with E-state index in [2.05, 4.69) is 90.1 Å². The van der Waals surface area contributed by atoms with Crippen LogP contribution in [0.3, 0.4) is 0 Å². The number of benzene rings is 2. The number of allylic oxidation sites excluding steroid dienone is 4. The Kier molecular flexibility index (Phi) is 7.04. The van der Waals surface area contributed by atoms with Gasteiger partial charge in [0.05, 0.1) is 0 Å². The normalized spacial score (nSPS) is 15.0. The molecule has 0 amide bonds. The van der Waals surface area contributed by atoms with E-state index in [1.807, 2.05) is 0 Å². The Balaban J connectivity index is 1.52. The van der Waals surface area contributed by atoms with Gasteiger partial charge in [0.1, 0.15) is 0 Å². The molecule has 31 heavy (non-hydrogen) atoms. The number of rotatable bonds is 7. The number of methoxy groups -OCH3 is 2. The van der Waals surface area contributed by atoms with Gasteiger partial charge in [-0.3, -0.25) is 0 Å². The molecule has 2 aromatic carbocycles. The molecular formula is C25H27N2O2Se2+. The van der Waals surface area contributed by atoms with Crippen LogP contribution >= 0.6 is 0 Å². The first kappa shape index (κ1) is 22.0. The van der Waals surface area contributed by atoms with Crippen molar-refractivity contribution in [3.05, 3.63) is 69.9 Å². The second-order valence-corrected chi connectivity index (χ2v) is 11.4. The fourth-order valence-electron chi connectivity index (χ4n) is 3.66. The Labute approximate surface area is 196 Å².